The maximum absolute atomic E-state index is 4.99. The Morgan fingerprint density at radius 1 is 1.26 bits per heavy atom. The lowest BCUT2D eigenvalue weighted by atomic mass is 9.98. The summed E-state index contributed by atoms with van der Waals surface area (Å²) in [6.07, 6.45) is 4.05. The normalized spacial score (nSPS) is 16.3. The van der Waals surface area contributed by atoms with Crippen LogP contribution >= 0.6 is 0 Å². The molecule has 0 radical (unpaired) electrons. The lowest BCUT2D eigenvalue weighted by molar-refractivity contribution is 0.210. The summed E-state index contributed by atoms with van der Waals surface area (Å²) in [7, 11) is 1.69. The molecule has 6 heteroatoms. The minimum absolute atomic E-state index is 0.668. The number of nitrogens with zero attached hydrogens (tertiary/aromatic N) is 2. The van der Waals surface area contributed by atoms with Gasteiger partial charge >= 0.3 is 0 Å². The second-order valence-corrected chi connectivity index (χ2v) is 4.78. The third-order valence-corrected chi connectivity index (χ3v) is 3.31. The average Bonchev–Trinajstić information content (AvgIpc) is 2.47. The van der Waals surface area contributed by atoms with E-state index in [1.807, 2.05) is 6.07 Å². The Bertz CT molecular complexity index is 368. The third kappa shape index (κ3) is 5.00. The number of rotatable bonds is 7. The van der Waals surface area contributed by atoms with Crippen LogP contribution in [0.5, 0.6) is 0 Å². The first-order chi connectivity index (χ1) is 9.38. The number of aromatic nitrogens is 2. The molecule has 19 heavy (non-hydrogen) atoms. The number of piperidine rings is 1. The average molecular weight is 265 g/mol. The quantitative estimate of drug-likeness (QED) is 0.638. The van der Waals surface area contributed by atoms with E-state index in [4.69, 9.17) is 4.74 Å². The van der Waals surface area contributed by atoms with Crippen molar-refractivity contribution in [3.05, 3.63) is 12.4 Å². The molecule has 0 atom stereocenters. The summed E-state index contributed by atoms with van der Waals surface area (Å²) in [6, 6.07) is 1.94. The zero-order chi connectivity index (χ0) is 13.3. The predicted molar refractivity (Wildman–Crippen MR) is 76.5 cm³/mol. The molecule has 106 valence electrons. The minimum atomic E-state index is 0.668. The molecule has 1 fully saturated rings. The van der Waals surface area contributed by atoms with Gasteiger partial charge < -0.3 is 20.7 Å². The fourth-order valence-electron chi connectivity index (χ4n) is 2.17. The van der Waals surface area contributed by atoms with E-state index in [2.05, 4.69) is 25.9 Å². The standard InChI is InChI=1S/C13H23N5O/c1-19-7-6-15-12-8-13(18-10-17-12)16-9-11-2-4-14-5-3-11/h8,10-11,14H,2-7,9H2,1H3,(H2,15,16,17,18). The Kier molecular flexibility index (Phi) is 5.84. The van der Waals surface area contributed by atoms with Crippen molar-refractivity contribution in [2.24, 2.45) is 5.92 Å². The zero-order valence-corrected chi connectivity index (χ0v) is 11.5. The number of methoxy groups -OCH3 is 1. The molecule has 1 saturated heterocycles. The van der Waals surface area contributed by atoms with E-state index in [1.54, 1.807) is 13.4 Å². The molecule has 1 aliphatic rings. The highest BCUT2D eigenvalue weighted by atomic mass is 16.5. The van der Waals surface area contributed by atoms with Crippen molar-refractivity contribution in [1.29, 1.82) is 0 Å². The summed E-state index contributed by atoms with van der Waals surface area (Å²) in [5.74, 6) is 2.45. The first-order valence-corrected chi connectivity index (χ1v) is 6.88. The van der Waals surface area contributed by atoms with Gasteiger partial charge in [-0.2, -0.15) is 0 Å². The van der Waals surface area contributed by atoms with E-state index < -0.39 is 0 Å². The van der Waals surface area contributed by atoms with Crippen LogP contribution in [0.2, 0.25) is 0 Å². The van der Waals surface area contributed by atoms with Crippen molar-refractivity contribution in [1.82, 2.24) is 15.3 Å². The van der Waals surface area contributed by atoms with E-state index in [0.717, 1.165) is 43.7 Å². The van der Waals surface area contributed by atoms with Gasteiger partial charge in [0, 0.05) is 26.3 Å². The van der Waals surface area contributed by atoms with Gasteiger partial charge in [-0.1, -0.05) is 0 Å². The van der Waals surface area contributed by atoms with Gasteiger partial charge in [0.1, 0.15) is 18.0 Å². The molecule has 1 aliphatic heterocycles. The summed E-state index contributed by atoms with van der Waals surface area (Å²) in [5, 5.41) is 9.97. The van der Waals surface area contributed by atoms with Crippen molar-refractivity contribution in [3.8, 4) is 0 Å². The number of nitrogens with one attached hydrogen (secondary N) is 3. The second-order valence-electron chi connectivity index (χ2n) is 4.78. The number of hydrogen-bond donors (Lipinski definition) is 3. The smallest absolute Gasteiger partial charge is 0.131 e. The highest BCUT2D eigenvalue weighted by Crippen LogP contribution is 2.14. The molecule has 0 spiro atoms. The Morgan fingerprint density at radius 3 is 2.74 bits per heavy atom. The number of ether oxygens (including phenoxy) is 1. The van der Waals surface area contributed by atoms with Crippen LogP contribution in [0.25, 0.3) is 0 Å². The third-order valence-electron chi connectivity index (χ3n) is 3.31. The van der Waals surface area contributed by atoms with Crippen LogP contribution in [0, 0.1) is 5.92 Å². The Hall–Kier alpha value is -1.40. The van der Waals surface area contributed by atoms with Gasteiger partial charge in [0.05, 0.1) is 6.61 Å². The van der Waals surface area contributed by atoms with E-state index in [9.17, 15) is 0 Å². The molecular weight excluding hydrogens is 242 g/mol. The summed E-state index contributed by atoms with van der Waals surface area (Å²) < 4.78 is 4.99. The molecule has 0 saturated carbocycles. The van der Waals surface area contributed by atoms with Gasteiger partial charge in [0.15, 0.2) is 0 Å². The van der Waals surface area contributed by atoms with Crippen molar-refractivity contribution >= 4 is 11.6 Å². The fraction of sp³-hybridized carbons (Fsp3) is 0.692. The minimum Gasteiger partial charge on any atom is -0.383 e. The van der Waals surface area contributed by atoms with Gasteiger partial charge in [0.2, 0.25) is 0 Å². The molecule has 1 aromatic rings. The van der Waals surface area contributed by atoms with Gasteiger partial charge in [0.25, 0.3) is 0 Å². The first kappa shape index (κ1) is 14.0. The second kappa shape index (κ2) is 7.91. The number of anilines is 2. The molecule has 0 aromatic carbocycles. The van der Waals surface area contributed by atoms with Crippen molar-refractivity contribution in [3.63, 3.8) is 0 Å². The molecule has 0 amide bonds. The molecule has 6 nitrogen and oxygen atoms in total. The van der Waals surface area contributed by atoms with Crippen molar-refractivity contribution < 1.29 is 4.74 Å². The Balaban J connectivity index is 1.77. The molecule has 0 aliphatic carbocycles. The summed E-state index contributed by atoms with van der Waals surface area (Å²) in [4.78, 5) is 8.42. The summed E-state index contributed by atoms with van der Waals surface area (Å²) >= 11 is 0. The van der Waals surface area contributed by atoms with Crippen LogP contribution in [-0.4, -0.2) is 49.9 Å². The molecule has 1 aromatic heterocycles. The van der Waals surface area contributed by atoms with Crippen molar-refractivity contribution in [2.45, 2.75) is 12.8 Å². The maximum atomic E-state index is 4.99. The highest BCUT2D eigenvalue weighted by Gasteiger charge is 2.12. The SMILES string of the molecule is COCCNc1cc(NCC2CCNCC2)ncn1. The lowest BCUT2D eigenvalue weighted by Gasteiger charge is -2.22. The van der Waals surface area contributed by atoms with E-state index in [0.29, 0.717) is 6.61 Å². The topological polar surface area (TPSA) is 71.1 Å². The van der Waals surface area contributed by atoms with Crippen LogP contribution in [0.15, 0.2) is 12.4 Å². The summed E-state index contributed by atoms with van der Waals surface area (Å²) in [5.41, 5.74) is 0. The van der Waals surface area contributed by atoms with Crippen LogP contribution in [0.4, 0.5) is 11.6 Å². The molecule has 0 bridgehead atoms. The van der Waals surface area contributed by atoms with Crippen LogP contribution in [0.3, 0.4) is 0 Å². The Morgan fingerprint density at radius 2 is 2.00 bits per heavy atom. The highest BCUT2D eigenvalue weighted by molar-refractivity contribution is 5.46. The first-order valence-electron chi connectivity index (χ1n) is 6.88. The maximum Gasteiger partial charge on any atom is 0.131 e. The molecule has 3 N–H and O–H groups in total. The van der Waals surface area contributed by atoms with E-state index in [-0.39, 0.29) is 0 Å². The van der Waals surface area contributed by atoms with Crippen LogP contribution < -0.4 is 16.0 Å². The van der Waals surface area contributed by atoms with Gasteiger partial charge in [-0.25, -0.2) is 9.97 Å². The largest absolute Gasteiger partial charge is 0.383 e. The van der Waals surface area contributed by atoms with Gasteiger partial charge in [-0.15, -0.1) is 0 Å². The van der Waals surface area contributed by atoms with E-state index in [1.165, 1.54) is 12.8 Å². The predicted octanol–water partition coefficient (Wildman–Crippen LogP) is 0.946. The zero-order valence-electron chi connectivity index (χ0n) is 11.5. The molecule has 2 heterocycles. The lowest BCUT2D eigenvalue weighted by Crippen LogP contribution is -2.31. The van der Waals surface area contributed by atoms with Crippen molar-refractivity contribution in [2.75, 3.05) is 50.5 Å². The van der Waals surface area contributed by atoms with Crippen LogP contribution in [0.1, 0.15) is 12.8 Å². The molecule has 2 rings (SSSR count). The van der Waals surface area contributed by atoms with E-state index >= 15 is 0 Å². The van der Waals surface area contributed by atoms with Crippen LogP contribution in [-0.2, 0) is 4.74 Å². The Labute approximate surface area is 114 Å². The number of hydrogen-bond acceptors (Lipinski definition) is 6. The summed E-state index contributed by atoms with van der Waals surface area (Å²) in [6.45, 7) is 4.65. The van der Waals surface area contributed by atoms with Gasteiger partial charge in [-0.05, 0) is 31.8 Å². The monoisotopic (exact) mass is 265 g/mol. The molecular formula is C13H23N5O. The molecule has 0 unspecified atom stereocenters. The van der Waals surface area contributed by atoms with Gasteiger partial charge in [-0.3, -0.25) is 0 Å². The fourth-order valence-corrected chi connectivity index (χ4v) is 2.17.